The average molecular weight is 397 g/mol. The summed E-state index contributed by atoms with van der Waals surface area (Å²) in [5.41, 5.74) is 2.93. The van der Waals surface area contributed by atoms with E-state index in [0.717, 1.165) is 26.2 Å². The van der Waals surface area contributed by atoms with Gasteiger partial charge in [-0.25, -0.2) is 0 Å². The first kappa shape index (κ1) is 15.6. The summed E-state index contributed by atoms with van der Waals surface area (Å²) >= 11 is 10.2. The van der Waals surface area contributed by atoms with Crippen molar-refractivity contribution in [2.45, 2.75) is 6.54 Å². The number of thiazole rings is 1. The molecule has 0 radical (unpaired) electrons. The van der Waals surface area contributed by atoms with Gasteiger partial charge in [-0.05, 0) is 36.5 Å². The van der Waals surface area contributed by atoms with Crippen molar-refractivity contribution >= 4 is 63.0 Å². The van der Waals surface area contributed by atoms with Crippen LogP contribution in [0.5, 0.6) is 5.88 Å². The lowest BCUT2D eigenvalue weighted by molar-refractivity contribution is 0.183. The third kappa shape index (κ3) is 2.94. The molecule has 1 N–H and O–H groups in total. The number of halogens is 1. The Kier molecular flexibility index (Phi) is 4.58. The highest BCUT2D eigenvalue weighted by molar-refractivity contribution is 9.10. The zero-order valence-corrected chi connectivity index (χ0v) is 15.0. The number of aromatic nitrogens is 1. The number of fused-ring (bicyclic) bond motifs is 1. The van der Waals surface area contributed by atoms with E-state index in [9.17, 15) is 5.11 Å². The molecule has 22 heavy (non-hydrogen) atoms. The normalized spacial score (nSPS) is 14.7. The highest BCUT2D eigenvalue weighted by atomic mass is 79.9. The summed E-state index contributed by atoms with van der Waals surface area (Å²) in [4.78, 5) is 5.11. The van der Waals surface area contributed by atoms with Gasteiger partial charge in [-0.3, -0.25) is 9.56 Å². The van der Waals surface area contributed by atoms with Gasteiger partial charge in [0.05, 0.1) is 23.7 Å². The molecule has 0 bridgehead atoms. The number of nitrogens with zero attached hydrogens (tertiary/aromatic N) is 2. The van der Waals surface area contributed by atoms with E-state index in [2.05, 4.69) is 20.9 Å². The Morgan fingerprint density at radius 2 is 2.32 bits per heavy atom. The van der Waals surface area contributed by atoms with E-state index in [-0.39, 0.29) is 5.88 Å². The third-order valence-corrected chi connectivity index (χ3v) is 5.19. The molecule has 1 aliphatic heterocycles. The third-order valence-electron chi connectivity index (χ3n) is 3.31. The quantitative estimate of drug-likeness (QED) is 0.764. The van der Waals surface area contributed by atoms with Gasteiger partial charge >= 0.3 is 0 Å². The van der Waals surface area contributed by atoms with Crippen LogP contribution in [0.3, 0.4) is 0 Å². The summed E-state index contributed by atoms with van der Waals surface area (Å²) in [6.07, 6.45) is 3.72. The van der Waals surface area contributed by atoms with Gasteiger partial charge in [0.15, 0.2) is 3.95 Å². The fraction of sp³-hybridized carbons (Fsp3) is 0.200. The van der Waals surface area contributed by atoms with E-state index in [1.54, 1.807) is 17.9 Å². The van der Waals surface area contributed by atoms with Crippen LogP contribution in [0.15, 0.2) is 27.7 Å². The van der Waals surface area contributed by atoms with Crippen LogP contribution in [0.2, 0.25) is 0 Å². The van der Waals surface area contributed by atoms with Crippen molar-refractivity contribution in [3.8, 4) is 5.88 Å². The number of aliphatic imine (C=N–C) groups is 1. The molecule has 0 saturated heterocycles. The fourth-order valence-corrected chi connectivity index (χ4v) is 3.88. The molecule has 0 fully saturated rings. The maximum Gasteiger partial charge on any atom is 0.210 e. The van der Waals surface area contributed by atoms with E-state index in [1.165, 1.54) is 11.3 Å². The molecule has 1 aromatic heterocycles. The van der Waals surface area contributed by atoms with Crippen LogP contribution in [0.4, 0.5) is 5.69 Å². The van der Waals surface area contributed by atoms with Gasteiger partial charge in [0, 0.05) is 28.9 Å². The Bertz CT molecular complexity index is 837. The Labute approximate surface area is 145 Å². The molecule has 0 aliphatic carbocycles. The maximum absolute atomic E-state index is 10.4. The first-order chi connectivity index (χ1) is 10.6. The minimum atomic E-state index is 0.177. The van der Waals surface area contributed by atoms with Gasteiger partial charge < -0.3 is 9.84 Å². The monoisotopic (exact) mass is 396 g/mol. The highest BCUT2D eigenvalue weighted by Gasteiger charge is 2.15. The molecular weight excluding hydrogens is 384 g/mol. The molecule has 0 unspecified atom stereocenters. The molecule has 2 heterocycles. The number of rotatable bonds is 4. The lowest BCUT2D eigenvalue weighted by atomic mass is 10.1. The van der Waals surface area contributed by atoms with Crippen LogP contribution in [0.25, 0.3) is 11.6 Å². The maximum atomic E-state index is 10.4. The summed E-state index contributed by atoms with van der Waals surface area (Å²) in [6, 6.07) is 5.94. The Hall–Kier alpha value is -1.28. The lowest BCUT2D eigenvalue weighted by Gasteiger charge is -2.03. The molecule has 0 saturated carbocycles. The topological polar surface area (TPSA) is 46.8 Å². The Morgan fingerprint density at radius 1 is 1.50 bits per heavy atom. The first-order valence-corrected chi connectivity index (χ1v) is 8.59. The molecule has 7 heteroatoms. The number of aromatic hydroxyl groups is 1. The van der Waals surface area contributed by atoms with Gasteiger partial charge in [-0.2, -0.15) is 0 Å². The number of hydrogen-bond acceptors (Lipinski definition) is 5. The summed E-state index contributed by atoms with van der Waals surface area (Å²) in [5.74, 6) is 0.177. The van der Waals surface area contributed by atoms with E-state index in [0.29, 0.717) is 17.1 Å². The van der Waals surface area contributed by atoms with Crippen molar-refractivity contribution in [1.29, 1.82) is 0 Å². The summed E-state index contributed by atoms with van der Waals surface area (Å²) in [6.45, 7) is 1.04. The van der Waals surface area contributed by atoms with E-state index >= 15 is 0 Å². The first-order valence-electron chi connectivity index (χ1n) is 6.57. The second-order valence-electron chi connectivity index (χ2n) is 4.72. The fourth-order valence-electron chi connectivity index (χ4n) is 2.21. The molecule has 0 spiro atoms. The van der Waals surface area contributed by atoms with Gasteiger partial charge in [0.25, 0.3) is 0 Å². The van der Waals surface area contributed by atoms with Crippen molar-refractivity contribution in [3.05, 3.63) is 37.1 Å². The Morgan fingerprint density at radius 3 is 3.09 bits per heavy atom. The molecule has 0 amide bonds. The van der Waals surface area contributed by atoms with Crippen LogP contribution in [0.1, 0.15) is 10.4 Å². The van der Waals surface area contributed by atoms with Crippen molar-refractivity contribution in [2.75, 3.05) is 13.7 Å². The highest BCUT2D eigenvalue weighted by Crippen LogP contribution is 2.37. The molecule has 3 rings (SSSR count). The number of ether oxygens (including phenoxy) is 1. The van der Waals surface area contributed by atoms with Gasteiger partial charge in [-0.15, -0.1) is 11.3 Å². The lowest BCUT2D eigenvalue weighted by Crippen LogP contribution is -2.03. The molecule has 1 aromatic carbocycles. The largest absolute Gasteiger partial charge is 0.493 e. The van der Waals surface area contributed by atoms with Gasteiger partial charge in [0.1, 0.15) is 0 Å². The van der Waals surface area contributed by atoms with E-state index in [4.69, 9.17) is 17.0 Å². The minimum Gasteiger partial charge on any atom is -0.493 e. The van der Waals surface area contributed by atoms with Crippen LogP contribution in [-0.2, 0) is 11.3 Å². The molecule has 0 atom stereocenters. The van der Waals surface area contributed by atoms with Crippen molar-refractivity contribution in [3.63, 3.8) is 0 Å². The van der Waals surface area contributed by atoms with Crippen LogP contribution < -0.4 is 0 Å². The number of benzene rings is 1. The summed E-state index contributed by atoms with van der Waals surface area (Å²) < 4.78 is 8.35. The standard InChI is InChI=1S/C15H13BrN2O2S2/c1-20-5-4-18-14(19)13(22-15(18)21)6-9-8-17-12-3-2-10(16)7-11(9)12/h2-3,6-8,19H,4-5H2,1H3. The SMILES string of the molecule is COCCn1c(O)c(C=C2C=Nc3ccc(Br)cc32)sc1=S. The van der Waals surface area contributed by atoms with Crippen molar-refractivity contribution < 1.29 is 9.84 Å². The van der Waals surface area contributed by atoms with Gasteiger partial charge in [-0.1, -0.05) is 15.9 Å². The zero-order chi connectivity index (χ0) is 15.7. The Balaban J connectivity index is 2.00. The van der Waals surface area contributed by atoms with Crippen molar-refractivity contribution in [1.82, 2.24) is 4.57 Å². The molecule has 1 aliphatic rings. The van der Waals surface area contributed by atoms with Crippen LogP contribution >= 0.6 is 39.5 Å². The van der Waals surface area contributed by atoms with Gasteiger partial charge in [0.2, 0.25) is 5.88 Å². The zero-order valence-electron chi connectivity index (χ0n) is 11.7. The predicted molar refractivity (Wildman–Crippen MR) is 96.8 cm³/mol. The molecule has 114 valence electrons. The number of methoxy groups -OCH3 is 1. The van der Waals surface area contributed by atoms with Crippen LogP contribution in [0, 0.1) is 3.95 Å². The summed E-state index contributed by atoms with van der Waals surface area (Å²) in [5, 5.41) is 10.4. The smallest absolute Gasteiger partial charge is 0.210 e. The molecule has 4 nitrogen and oxygen atoms in total. The second-order valence-corrected chi connectivity index (χ2v) is 7.31. The second kappa shape index (κ2) is 6.45. The van der Waals surface area contributed by atoms with Crippen molar-refractivity contribution in [2.24, 2.45) is 4.99 Å². The van der Waals surface area contributed by atoms with E-state index < -0.39 is 0 Å². The van der Waals surface area contributed by atoms with E-state index in [1.807, 2.05) is 24.3 Å². The average Bonchev–Trinajstić information content (AvgIpc) is 3.00. The molecular formula is C15H13BrN2O2S2. The minimum absolute atomic E-state index is 0.177. The molecule has 2 aromatic rings. The summed E-state index contributed by atoms with van der Waals surface area (Å²) in [7, 11) is 1.62. The number of allylic oxidation sites excluding steroid dienone is 1. The predicted octanol–water partition coefficient (Wildman–Crippen LogP) is 4.65. The number of hydrogen-bond donors (Lipinski definition) is 1. The van der Waals surface area contributed by atoms with Crippen LogP contribution in [-0.4, -0.2) is 29.6 Å².